The first-order valence-electron chi connectivity index (χ1n) is 14.8. The van der Waals surface area contributed by atoms with Gasteiger partial charge in [-0.2, -0.15) is 4.98 Å². The molecule has 1 N–H and O–H groups in total. The summed E-state index contributed by atoms with van der Waals surface area (Å²) in [5, 5.41) is 3.37. The number of halogens is 1. The average molecular weight is 699 g/mol. The van der Waals surface area contributed by atoms with Crippen molar-refractivity contribution in [1.82, 2.24) is 24.8 Å². The third kappa shape index (κ3) is 6.77. The lowest BCUT2D eigenvalue weighted by atomic mass is 10.0. The highest BCUT2D eigenvalue weighted by atomic mass is 79.9. The largest absolute Gasteiger partial charge is 0.494 e. The second kappa shape index (κ2) is 13.3. The van der Waals surface area contributed by atoms with Crippen molar-refractivity contribution in [3.05, 3.63) is 52.9 Å². The Morgan fingerprint density at radius 3 is 2.42 bits per heavy atom. The van der Waals surface area contributed by atoms with Gasteiger partial charge in [-0.05, 0) is 73.1 Å². The van der Waals surface area contributed by atoms with Gasteiger partial charge in [0.15, 0.2) is 5.82 Å². The Balaban J connectivity index is 1.49. The number of piperidine rings is 1. The zero-order chi connectivity index (χ0) is 32.5. The van der Waals surface area contributed by atoms with Gasteiger partial charge in [0.1, 0.15) is 17.0 Å². The normalized spacial score (nSPS) is 14.2. The van der Waals surface area contributed by atoms with Gasteiger partial charge in [0.25, 0.3) is 0 Å². The second-order valence-corrected chi connectivity index (χ2v) is 14.2. The summed E-state index contributed by atoms with van der Waals surface area (Å²) in [4.78, 5) is 24.8. The molecule has 0 radical (unpaired) electrons. The predicted octanol–water partition coefficient (Wildman–Crippen LogP) is 5.19. The summed E-state index contributed by atoms with van der Waals surface area (Å²) in [6, 6.07) is 8.44. The molecule has 2 aromatic heterocycles. The smallest absolute Gasteiger partial charge is 0.232 e. The van der Waals surface area contributed by atoms with Crippen LogP contribution in [-0.2, 0) is 16.4 Å². The number of ether oxygens (including phenoxy) is 1. The first kappa shape index (κ1) is 32.6. The average Bonchev–Trinajstić information content (AvgIpc) is 3.03. The van der Waals surface area contributed by atoms with Crippen LogP contribution in [0.25, 0.3) is 11.0 Å². The van der Waals surface area contributed by atoms with Gasteiger partial charge in [-0.15, -0.1) is 0 Å². The van der Waals surface area contributed by atoms with E-state index in [1.165, 1.54) is 22.6 Å². The standard InChI is InChI=1S/C31H40BrN9O3S/c1-8-20-17-24(27(44-6)18-26(20)41-15-11-21(12-16-41)38(2)3)36-31-35-19-22(32)30(37-31)39(4)25-10-9-23-28(34-14-13-33-23)29(25)40(5)45(7,42)43/h9-10,13-14,17-19,21H,8,11-12,15-16H2,1-7H3,(H,35,36,37). The van der Waals surface area contributed by atoms with Crippen molar-refractivity contribution in [1.29, 1.82) is 0 Å². The molecular weight excluding hydrogens is 658 g/mol. The number of hydrogen-bond acceptors (Lipinski definition) is 11. The lowest BCUT2D eigenvalue weighted by Crippen LogP contribution is -2.42. The summed E-state index contributed by atoms with van der Waals surface area (Å²) in [7, 11) is 5.67. The number of rotatable bonds is 10. The van der Waals surface area contributed by atoms with E-state index in [0.29, 0.717) is 50.4 Å². The summed E-state index contributed by atoms with van der Waals surface area (Å²) in [5.41, 5.74) is 5.17. The molecule has 14 heteroatoms. The highest BCUT2D eigenvalue weighted by molar-refractivity contribution is 9.10. The monoisotopic (exact) mass is 697 g/mol. The minimum atomic E-state index is -3.61. The van der Waals surface area contributed by atoms with Crippen molar-refractivity contribution in [2.24, 2.45) is 0 Å². The van der Waals surface area contributed by atoms with Gasteiger partial charge >= 0.3 is 0 Å². The summed E-state index contributed by atoms with van der Waals surface area (Å²) >= 11 is 3.59. The molecule has 0 spiro atoms. The fourth-order valence-electron chi connectivity index (χ4n) is 5.73. The minimum Gasteiger partial charge on any atom is -0.494 e. The highest BCUT2D eigenvalue weighted by Crippen LogP contribution is 2.41. The van der Waals surface area contributed by atoms with Gasteiger partial charge in [0, 0.05) is 63.6 Å². The second-order valence-electron chi connectivity index (χ2n) is 11.4. The molecule has 0 aliphatic carbocycles. The van der Waals surface area contributed by atoms with Crippen molar-refractivity contribution in [3.8, 4) is 5.75 Å². The van der Waals surface area contributed by atoms with Gasteiger partial charge in [0.2, 0.25) is 16.0 Å². The lowest BCUT2D eigenvalue weighted by Gasteiger charge is -2.37. The molecule has 1 saturated heterocycles. The number of fused-ring (bicyclic) bond motifs is 1. The third-order valence-electron chi connectivity index (χ3n) is 8.37. The van der Waals surface area contributed by atoms with E-state index < -0.39 is 10.0 Å². The molecular formula is C31H40BrN9O3S. The molecule has 0 unspecified atom stereocenters. The molecule has 5 rings (SSSR count). The Bertz CT molecular complexity index is 1800. The molecule has 3 heterocycles. The van der Waals surface area contributed by atoms with Crippen LogP contribution in [0.3, 0.4) is 0 Å². The van der Waals surface area contributed by atoms with E-state index in [1.54, 1.807) is 30.6 Å². The zero-order valence-electron chi connectivity index (χ0n) is 26.7. The molecule has 0 amide bonds. The van der Waals surface area contributed by atoms with E-state index in [4.69, 9.17) is 9.72 Å². The van der Waals surface area contributed by atoms with Crippen LogP contribution in [0.2, 0.25) is 0 Å². The van der Waals surface area contributed by atoms with Crippen LogP contribution in [0.1, 0.15) is 25.3 Å². The van der Waals surface area contributed by atoms with Gasteiger partial charge in [0.05, 0.1) is 34.7 Å². The molecule has 0 atom stereocenters. The topological polar surface area (TPSA) is 120 Å². The molecule has 0 bridgehead atoms. The maximum absolute atomic E-state index is 12.7. The van der Waals surface area contributed by atoms with Crippen molar-refractivity contribution >= 4 is 71.5 Å². The number of sulfonamides is 1. The maximum atomic E-state index is 12.7. The quantitative estimate of drug-likeness (QED) is 0.236. The van der Waals surface area contributed by atoms with Crippen molar-refractivity contribution in [2.45, 2.75) is 32.2 Å². The van der Waals surface area contributed by atoms with Crippen molar-refractivity contribution in [2.75, 3.05) is 74.1 Å². The fraction of sp³-hybridized carbons (Fsp3) is 0.419. The molecule has 0 saturated carbocycles. The van der Waals surface area contributed by atoms with E-state index in [9.17, 15) is 8.42 Å². The summed E-state index contributed by atoms with van der Waals surface area (Å²) < 4.78 is 33.1. The molecule has 45 heavy (non-hydrogen) atoms. The number of aryl methyl sites for hydroxylation is 1. The summed E-state index contributed by atoms with van der Waals surface area (Å²) in [6.07, 6.45) is 9.04. The third-order valence-corrected chi connectivity index (χ3v) is 10.1. The van der Waals surface area contributed by atoms with Crippen LogP contribution in [-0.4, -0.2) is 93.9 Å². The van der Waals surface area contributed by atoms with Crippen LogP contribution >= 0.6 is 15.9 Å². The van der Waals surface area contributed by atoms with Crippen LogP contribution < -0.4 is 24.2 Å². The number of aromatic nitrogens is 4. The number of hydrogen-bond donors (Lipinski definition) is 1. The molecule has 2 aromatic carbocycles. The SMILES string of the molecule is CCc1cc(Nc2ncc(Br)c(N(C)c3ccc4nccnc4c3N(C)S(C)(=O)=O)n2)c(OC)cc1N1CCC(N(C)C)CC1. The summed E-state index contributed by atoms with van der Waals surface area (Å²) in [5.74, 6) is 1.58. The minimum absolute atomic E-state index is 0.360. The first-order valence-corrected chi connectivity index (χ1v) is 17.4. The van der Waals surface area contributed by atoms with E-state index in [2.05, 4.69) is 79.2 Å². The molecule has 1 aliphatic rings. The van der Waals surface area contributed by atoms with Gasteiger partial charge in [-0.3, -0.25) is 14.3 Å². The molecule has 1 aliphatic heterocycles. The van der Waals surface area contributed by atoms with Crippen LogP contribution in [0.15, 0.2) is 47.3 Å². The van der Waals surface area contributed by atoms with E-state index in [1.807, 2.05) is 19.2 Å². The molecule has 240 valence electrons. The number of benzene rings is 2. The zero-order valence-corrected chi connectivity index (χ0v) is 29.1. The number of anilines is 6. The highest BCUT2D eigenvalue weighted by Gasteiger charge is 2.26. The molecule has 1 fully saturated rings. The van der Waals surface area contributed by atoms with Gasteiger partial charge in [-0.1, -0.05) is 6.92 Å². The van der Waals surface area contributed by atoms with E-state index >= 15 is 0 Å². The number of methoxy groups -OCH3 is 1. The maximum Gasteiger partial charge on any atom is 0.232 e. The Labute approximate surface area is 273 Å². The van der Waals surface area contributed by atoms with Crippen molar-refractivity contribution in [3.63, 3.8) is 0 Å². The lowest BCUT2D eigenvalue weighted by molar-refractivity contribution is 0.249. The number of nitrogens with one attached hydrogen (secondary N) is 1. The molecule has 12 nitrogen and oxygen atoms in total. The van der Waals surface area contributed by atoms with Gasteiger partial charge in [-0.25, -0.2) is 13.4 Å². The van der Waals surface area contributed by atoms with E-state index in [-0.39, 0.29) is 0 Å². The Morgan fingerprint density at radius 2 is 1.78 bits per heavy atom. The van der Waals surface area contributed by atoms with Crippen LogP contribution in [0.5, 0.6) is 5.75 Å². The fourth-order valence-corrected chi connectivity index (χ4v) is 6.70. The first-order chi connectivity index (χ1) is 21.4. The van der Waals surface area contributed by atoms with E-state index in [0.717, 1.165) is 44.3 Å². The van der Waals surface area contributed by atoms with Crippen LogP contribution in [0.4, 0.5) is 34.5 Å². The number of nitrogens with zero attached hydrogens (tertiary/aromatic N) is 8. The van der Waals surface area contributed by atoms with Gasteiger partial charge < -0.3 is 24.8 Å². The Kier molecular flexibility index (Phi) is 9.65. The molecule has 4 aromatic rings. The predicted molar refractivity (Wildman–Crippen MR) is 185 cm³/mol. The Hall–Kier alpha value is -3.75. The Morgan fingerprint density at radius 1 is 1.07 bits per heavy atom. The summed E-state index contributed by atoms with van der Waals surface area (Å²) in [6.45, 7) is 4.15. The van der Waals surface area contributed by atoms with Crippen LogP contribution in [0, 0.1) is 0 Å². The van der Waals surface area contributed by atoms with Crippen molar-refractivity contribution < 1.29 is 13.2 Å².